The molecule has 4 aromatic rings. The van der Waals surface area contributed by atoms with E-state index >= 15 is 0 Å². The molecule has 5 rings (SSSR count). The molecule has 0 bridgehead atoms. The average Bonchev–Trinajstić information content (AvgIpc) is 3.62. The summed E-state index contributed by atoms with van der Waals surface area (Å²) in [5.74, 6) is -1.28. The third-order valence-electron chi connectivity index (χ3n) is 6.51. The van der Waals surface area contributed by atoms with Gasteiger partial charge in [-0.2, -0.15) is 13.2 Å². The first-order valence-electron chi connectivity index (χ1n) is 12.3. The van der Waals surface area contributed by atoms with E-state index in [2.05, 4.69) is 25.9 Å². The number of urea groups is 1. The number of anilines is 1. The summed E-state index contributed by atoms with van der Waals surface area (Å²) in [6.45, 7) is 3.43. The maximum atomic E-state index is 13.3. The lowest BCUT2D eigenvalue weighted by Crippen LogP contribution is -2.28. The van der Waals surface area contributed by atoms with Crippen molar-refractivity contribution in [2.45, 2.75) is 25.6 Å². The van der Waals surface area contributed by atoms with Crippen LogP contribution < -0.4 is 21.4 Å². The van der Waals surface area contributed by atoms with E-state index in [0.717, 1.165) is 29.7 Å². The number of aromatic carboxylic acids is 1. The van der Waals surface area contributed by atoms with E-state index in [1.807, 2.05) is 0 Å². The number of benzene rings is 1. The predicted molar refractivity (Wildman–Crippen MR) is 144 cm³/mol. The molecule has 4 N–H and O–H groups in total. The molecule has 1 aliphatic heterocycles. The van der Waals surface area contributed by atoms with Gasteiger partial charge in [0.1, 0.15) is 16.4 Å². The Labute approximate surface area is 228 Å². The molecule has 0 unspecified atom stereocenters. The monoisotopic (exact) mass is 572 g/mol. The molecule has 4 heterocycles. The van der Waals surface area contributed by atoms with Crippen LogP contribution in [-0.2, 0) is 6.18 Å². The van der Waals surface area contributed by atoms with Gasteiger partial charge in [0.25, 0.3) is 0 Å². The highest BCUT2D eigenvalue weighted by Gasteiger charge is 2.34. The Kier molecular flexibility index (Phi) is 7.29. The van der Waals surface area contributed by atoms with Crippen LogP contribution in [0.5, 0.6) is 0 Å². The second-order valence-corrected chi connectivity index (χ2v) is 9.96. The van der Waals surface area contributed by atoms with Gasteiger partial charge in [0.05, 0.1) is 5.52 Å². The number of nitrogens with zero attached hydrogens (tertiary/aromatic N) is 3. The number of hydrogen-bond donors (Lipinski definition) is 4. The van der Waals surface area contributed by atoms with Crippen LogP contribution in [-0.4, -0.2) is 51.3 Å². The lowest BCUT2D eigenvalue weighted by molar-refractivity contribution is -0.140. The van der Waals surface area contributed by atoms with Gasteiger partial charge in [0, 0.05) is 53.4 Å². The van der Waals surface area contributed by atoms with Crippen LogP contribution in [0.15, 0.2) is 46.8 Å². The van der Waals surface area contributed by atoms with Crippen molar-refractivity contribution < 1.29 is 27.9 Å². The zero-order valence-electron chi connectivity index (χ0n) is 21.0. The molecule has 0 aliphatic carbocycles. The molecule has 0 saturated carbocycles. The Hall–Kier alpha value is -4.30. The fourth-order valence-electron chi connectivity index (χ4n) is 4.63. The summed E-state index contributed by atoms with van der Waals surface area (Å²) in [6.07, 6.45) is -1.18. The number of hydrogen-bond acceptors (Lipinski definition) is 7. The third-order valence-corrected chi connectivity index (χ3v) is 7.38. The molecular formula is C26H23F3N6O4S. The van der Waals surface area contributed by atoms with Crippen molar-refractivity contribution in [2.24, 2.45) is 0 Å². The molecule has 10 nitrogen and oxygen atoms in total. The summed E-state index contributed by atoms with van der Waals surface area (Å²) >= 11 is 0.771. The number of carbonyl (C=O) groups excluding carboxylic acids is 1. The highest BCUT2D eigenvalue weighted by molar-refractivity contribution is 7.13. The lowest BCUT2D eigenvalue weighted by Gasteiger charge is -2.19. The maximum Gasteiger partial charge on any atom is 0.434 e. The van der Waals surface area contributed by atoms with Crippen LogP contribution in [0.3, 0.4) is 0 Å². The number of nitrogens with one attached hydrogen (secondary N) is 3. The summed E-state index contributed by atoms with van der Waals surface area (Å²) in [5.41, 5.74) is -0.581. The van der Waals surface area contributed by atoms with E-state index < -0.39 is 29.3 Å². The van der Waals surface area contributed by atoms with E-state index in [1.165, 1.54) is 24.5 Å². The molecule has 40 heavy (non-hydrogen) atoms. The first kappa shape index (κ1) is 27.3. The molecule has 1 fully saturated rings. The number of pyridine rings is 2. The van der Waals surface area contributed by atoms with Crippen molar-refractivity contribution in [3.8, 4) is 21.7 Å². The van der Waals surface area contributed by atoms with Crippen molar-refractivity contribution in [1.29, 1.82) is 0 Å². The smallest absolute Gasteiger partial charge is 0.434 e. The minimum Gasteiger partial charge on any atom is -0.477 e. The Bertz CT molecular complexity index is 1680. The molecule has 208 valence electrons. The molecule has 3 aromatic heterocycles. The minimum atomic E-state index is -4.65. The molecule has 1 saturated heterocycles. The molecule has 14 heteroatoms. The van der Waals surface area contributed by atoms with E-state index in [9.17, 15) is 32.7 Å². The highest BCUT2D eigenvalue weighted by Crippen LogP contribution is 2.39. The van der Waals surface area contributed by atoms with Gasteiger partial charge in [-0.05, 0) is 43.7 Å². The normalized spacial score (nSPS) is 15.3. The molecule has 1 atom stereocenters. The van der Waals surface area contributed by atoms with Gasteiger partial charge in [0.15, 0.2) is 5.69 Å². The van der Waals surface area contributed by atoms with E-state index in [1.54, 1.807) is 23.6 Å². The summed E-state index contributed by atoms with van der Waals surface area (Å²) in [5, 5.41) is 19.1. The minimum absolute atomic E-state index is 0.0255. The van der Waals surface area contributed by atoms with Gasteiger partial charge in [-0.15, -0.1) is 11.3 Å². The number of amides is 2. The molecule has 1 aliphatic rings. The fourth-order valence-corrected chi connectivity index (χ4v) is 5.49. The predicted octanol–water partition coefficient (Wildman–Crippen LogP) is 4.58. The summed E-state index contributed by atoms with van der Waals surface area (Å²) in [4.78, 5) is 45.2. The number of carboxylic acid groups (broad SMARTS) is 1. The van der Waals surface area contributed by atoms with Crippen LogP contribution in [0.25, 0.3) is 32.6 Å². The van der Waals surface area contributed by atoms with Crippen LogP contribution in [0, 0.1) is 0 Å². The standard InChI is InChI=1S/C26H23F3N6O4S/c1-2-31-25(39)34-21-8-15(23-33-20(12-40-23)26(27,28)29)17(10-32-21)13-3-4-19-16(7-13)22(36)18(24(37)38)11-35(19)14-5-6-30-9-14/h3-4,7-8,10-12,14,30H,2,5-6,9H2,1H3,(H,37,38)(H2,31,32,34,39)/t14-/m1/s1. The second-order valence-electron chi connectivity index (χ2n) is 9.10. The van der Waals surface area contributed by atoms with Gasteiger partial charge in [-0.3, -0.25) is 10.1 Å². The van der Waals surface area contributed by atoms with Crippen LogP contribution in [0.4, 0.5) is 23.8 Å². The van der Waals surface area contributed by atoms with Crippen molar-refractivity contribution in [2.75, 3.05) is 25.0 Å². The average molecular weight is 573 g/mol. The van der Waals surface area contributed by atoms with Crippen molar-refractivity contribution >= 4 is 40.1 Å². The van der Waals surface area contributed by atoms with E-state index in [-0.39, 0.29) is 33.4 Å². The van der Waals surface area contributed by atoms with E-state index in [4.69, 9.17) is 0 Å². The topological polar surface area (TPSA) is 138 Å². The van der Waals surface area contributed by atoms with Gasteiger partial charge < -0.3 is 20.3 Å². The molecule has 0 spiro atoms. The molecule has 1 aromatic carbocycles. The number of thiazole rings is 1. The Balaban J connectivity index is 1.69. The highest BCUT2D eigenvalue weighted by atomic mass is 32.1. The second kappa shape index (κ2) is 10.7. The number of alkyl halides is 3. The largest absolute Gasteiger partial charge is 0.477 e. The Morgan fingerprint density at radius 1 is 1.25 bits per heavy atom. The number of halogens is 3. The molecule has 0 radical (unpaired) electrons. The van der Waals surface area contributed by atoms with Gasteiger partial charge in [-0.25, -0.2) is 19.6 Å². The zero-order valence-corrected chi connectivity index (χ0v) is 21.8. The van der Waals surface area contributed by atoms with Crippen molar-refractivity contribution in [3.05, 3.63) is 63.5 Å². The van der Waals surface area contributed by atoms with Crippen LogP contribution in [0.2, 0.25) is 0 Å². The van der Waals surface area contributed by atoms with Crippen LogP contribution in [0.1, 0.15) is 35.4 Å². The van der Waals surface area contributed by atoms with Crippen molar-refractivity contribution in [3.63, 3.8) is 0 Å². The number of carboxylic acids is 1. The van der Waals surface area contributed by atoms with E-state index in [0.29, 0.717) is 29.7 Å². The Morgan fingerprint density at radius 3 is 2.70 bits per heavy atom. The third kappa shape index (κ3) is 5.27. The van der Waals surface area contributed by atoms with Gasteiger partial charge in [0.2, 0.25) is 5.43 Å². The number of rotatable bonds is 6. The first-order valence-corrected chi connectivity index (χ1v) is 13.2. The van der Waals surface area contributed by atoms with Gasteiger partial charge in [-0.1, -0.05) is 6.07 Å². The molecular weight excluding hydrogens is 549 g/mol. The summed E-state index contributed by atoms with van der Waals surface area (Å²) < 4.78 is 41.8. The fraction of sp³-hybridized carbons (Fsp3) is 0.269. The molecule has 2 amide bonds. The van der Waals surface area contributed by atoms with Crippen LogP contribution >= 0.6 is 11.3 Å². The number of aromatic nitrogens is 3. The van der Waals surface area contributed by atoms with Crippen molar-refractivity contribution in [1.82, 2.24) is 25.2 Å². The number of fused-ring (bicyclic) bond motifs is 1. The quantitative estimate of drug-likeness (QED) is 0.265. The van der Waals surface area contributed by atoms with Gasteiger partial charge >= 0.3 is 18.2 Å². The summed E-state index contributed by atoms with van der Waals surface area (Å²) in [7, 11) is 0. The SMILES string of the molecule is CCNC(=O)Nc1cc(-c2nc(C(F)(F)F)cs2)c(-c2ccc3c(c2)c(=O)c(C(=O)O)cn3[C@@H]2CCNC2)cn1. The first-order chi connectivity index (χ1) is 19.1. The maximum absolute atomic E-state index is 13.3. The zero-order chi connectivity index (χ0) is 28.6. The Morgan fingerprint density at radius 2 is 2.05 bits per heavy atom. The number of carbonyl (C=O) groups is 2. The summed E-state index contributed by atoms with van der Waals surface area (Å²) in [6, 6.07) is 5.70. The lowest BCUT2D eigenvalue weighted by atomic mass is 9.99.